The fraction of sp³-hybridized carbons (Fsp3) is 0.407. The highest BCUT2D eigenvalue weighted by Gasteiger charge is 2.30. The zero-order valence-corrected chi connectivity index (χ0v) is 20.7. The number of amides is 1. The van der Waals surface area contributed by atoms with Crippen LogP contribution in [0.4, 0.5) is 0 Å². The van der Waals surface area contributed by atoms with Crippen molar-refractivity contribution in [3.8, 4) is 11.7 Å². The predicted molar refractivity (Wildman–Crippen MR) is 133 cm³/mol. The number of fused-ring (bicyclic) bond motifs is 1. The summed E-state index contributed by atoms with van der Waals surface area (Å²) in [6.07, 6.45) is 4.84. The zero-order chi connectivity index (χ0) is 24.6. The summed E-state index contributed by atoms with van der Waals surface area (Å²) in [6, 6.07) is 7.51. The molecule has 0 radical (unpaired) electrons. The van der Waals surface area contributed by atoms with Gasteiger partial charge in [-0.25, -0.2) is 4.99 Å². The van der Waals surface area contributed by atoms with Crippen LogP contribution in [0, 0.1) is 6.92 Å². The van der Waals surface area contributed by atoms with E-state index in [2.05, 4.69) is 56.4 Å². The molecule has 0 saturated heterocycles. The van der Waals surface area contributed by atoms with Crippen LogP contribution in [0.15, 0.2) is 58.3 Å². The summed E-state index contributed by atoms with van der Waals surface area (Å²) in [7, 11) is 1.48. The maximum atomic E-state index is 12.2. The molecule has 1 aliphatic rings. The number of methoxy groups -OCH3 is 1. The summed E-state index contributed by atoms with van der Waals surface area (Å²) in [4.78, 5) is 16.1. The minimum atomic E-state index is -0.351. The number of nitrogens with zero attached hydrogens (tertiary/aromatic N) is 1. The number of hydrogen-bond donors (Lipinski definition) is 1. The maximum absolute atomic E-state index is 12.2. The third kappa shape index (κ3) is 7.38. The van der Waals surface area contributed by atoms with E-state index in [0.29, 0.717) is 0 Å². The van der Waals surface area contributed by atoms with E-state index in [1.807, 2.05) is 13.8 Å². The van der Waals surface area contributed by atoms with Crippen molar-refractivity contribution in [3.05, 3.63) is 71.3 Å². The van der Waals surface area contributed by atoms with Crippen LogP contribution in [-0.2, 0) is 16.6 Å². The Morgan fingerprint density at radius 3 is 2.64 bits per heavy atom. The molecular weight excluding hydrogens is 416 g/mol. The van der Waals surface area contributed by atoms with Crippen molar-refractivity contribution in [1.29, 1.82) is 0 Å². The lowest BCUT2D eigenvalue weighted by Crippen LogP contribution is -2.24. The molecule has 0 saturated carbocycles. The molecule has 0 atom stereocenters. The van der Waals surface area contributed by atoms with Gasteiger partial charge in [-0.3, -0.25) is 4.79 Å². The van der Waals surface area contributed by atoms with Gasteiger partial charge in [-0.05, 0) is 73.9 Å². The van der Waals surface area contributed by atoms with E-state index in [4.69, 9.17) is 13.9 Å². The lowest BCUT2D eigenvalue weighted by molar-refractivity contribution is 0.0927. The first kappa shape index (κ1) is 26.0. The molecule has 178 valence electrons. The number of furan rings is 1. The maximum Gasteiger partial charge on any atom is 0.290 e. The second-order valence-electron chi connectivity index (χ2n) is 8.81. The summed E-state index contributed by atoms with van der Waals surface area (Å²) in [5.74, 6) is 1.13. The van der Waals surface area contributed by atoms with E-state index in [9.17, 15) is 4.79 Å². The first-order valence-corrected chi connectivity index (χ1v) is 11.2. The van der Waals surface area contributed by atoms with Crippen molar-refractivity contribution in [2.45, 2.75) is 59.3 Å². The molecule has 0 aliphatic heterocycles. The van der Waals surface area contributed by atoms with Gasteiger partial charge in [0.2, 0.25) is 5.88 Å². The van der Waals surface area contributed by atoms with Crippen LogP contribution in [0.2, 0.25) is 0 Å². The monoisotopic (exact) mass is 452 g/mol. The summed E-state index contributed by atoms with van der Waals surface area (Å²) < 4.78 is 16.3. The molecule has 3 rings (SSSR count). The van der Waals surface area contributed by atoms with E-state index in [-0.39, 0.29) is 35.5 Å². The van der Waals surface area contributed by atoms with E-state index in [1.54, 1.807) is 12.1 Å². The lowest BCUT2D eigenvalue weighted by Gasteiger charge is -2.20. The van der Waals surface area contributed by atoms with Gasteiger partial charge < -0.3 is 19.2 Å². The van der Waals surface area contributed by atoms with Gasteiger partial charge >= 0.3 is 0 Å². The number of carbonyl (C=O) groups excluding carboxylic acids is 1. The Labute approximate surface area is 197 Å². The van der Waals surface area contributed by atoms with Crippen LogP contribution in [0.5, 0.6) is 11.7 Å². The number of nitrogens with one attached hydrogen (secondary N) is 1. The Kier molecular flexibility index (Phi) is 9.09. The van der Waals surface area contributed by atoms with Gasteiger partial charge in [0, 0.05) is 12.3 Å². The summed E-state index contributed by atoms with van der Waals surface area (Å²) in [6.45, 7) is 18.1. The Morgan fingerprint density at radius 2 is 2.00 bits per heavy atom. The summed E-state index contributed by atoms with van der Waals surface area (Å²) in [5, 5.41) is 2.68. The number of carbonyl (C=O) groups is 1. The van der Waals surface area contributed by atoms with Gasteiger partial charge in [0.05, 0.1) is 13.7 Å². The second-order valence-corrected chi connectivity index (χ2v) is 8.81. The molecule has 1 N–H and O–H groups in total. The van der Waals surface area contributed by atoms with Crippen molar-refractivity contribution in [2.24, 2.45) is 4.99 Å². The molecule has 1 heterocycles. The Morgan fingerprint density at radius 1 is 1.30 bits per heavy atom. The third-order valence-corrected chi connectivity index (χ3v) is 5.59. The molecule has 33 heavy (non-hydrogen) atoms. The van der Waals surface area contributed by atoms with Gasteiger partial charge in [-0.1, -0.05) is 32.4 Å². The van der Waals surface area contributed by atoms with Gasteiger partial charge in [0.1, 0.15) is 5.75 Å². The van der Waals surface area contributed by atoms with E-state index in [0.717, 1.165) is 30.6 Å². The number of aryl methyl sites for hydroxylation is 2. The molecule has 2 aromatic rings. The average Bonchev–Trinajstić information content (AvgIpc) is 3.36. The van der Waals surface area contributed by atoms with E-state index in [1.165, 1.54) is 30.0 Å². The minimum Gasteiger partial charge on any atom is -0.481 e. The van der Waals surface area contributed by atoms with Gasteiger partial charge in [0.25, 0.3) is 11.9 Å². The van der Waals surface area contributed by atoms with Crippen molar-refractivity contribution in [1.82, 2.24) is 5.32 Å². The van der Waals surface area contributed by atoms with Crippen molar-refractivity contribution in [3.63, 3.8) is 0 Å². The molecule has 1 amide bonds. The van der Waals surface area contributed by atoms with Crippen LogP contribution in [0.1, 0.15) is 67.8 Å². The predicted octanol–water partition coefficient (Wildman–Crippen LogP) is 6.49. The largest absolute Gasteiger partial charge is 0.481 e. The molecule has 0 unspecified atom stereocenters. The van der Waals surface area contributed by atoms with E-state index < -0.39 is 0 Å². The first-order chi connectivity index (χ1) is 15.6. The first-order valence-electron chi connectivity index (χ1n) is 11.2. The number of aliphatic imine (C=N–C) groups is 1. The van der Waals surface area contributed by atoms with Gasteiger partial charge in [0.15, 0.2) is 5.76 Å². The van der Waals surface area contributed by atoms with Crippen LogP contribution >= 0.6 is 0 Å². The average molecular weight is 453 g/mol. The van der Waals surface area contributed by atoms with Crippen molar-refractivity contribution in [2.75, 3.05) is 13.7 Å². The summed E-state index contributed by atoms with van der Waals surface area (Å²) in [5.41, 5.74) is 5.14. The molecule has 1 aromatic heterocycles. The fourth-order valence-corrected chi connectivity index (χ4v) is 3.31. The van der Waals surface area contributed by atoms with Crippen LogP contribution in [-0.4, -0.2) is 25.8 Å². The number of hydrogen-bond acceptors (Lipinski definition) is 5. The van der Waals surface area contributed by atoms with Gasteiger partial charge in [-0.2, -0.15) is 0 Å². The van der Waals surface area contributed by atoms with Crippen LogP contribution in [0.25, 0.3) is 0 Å². The molecule has 1 aromatic carbocycles. The quantitative estimate of drug-likeness (QED) is 0.282. The van der Waals surface area contributed by atoms with Crippen molar-refractivity contribution >= 4 is 12.1 Å². The molecule has 6 nitrogen and oxygen atoms in total. The highest BCUT2D eigenvalue weighted by molar-refractivity contribution is 5.92. The number of allylic oxidation sites excluding steroid dienone is 1. The number of benzene rings is 1. The highest BCUT2D eigenvalue weighted by atomic mass is 16.6. The highest BCUT2D eigenvalue weighted by Crippen LogP contribution is 2.42. The molecular formula is C27H36N2O4. The normalized spacial score (nSPS) is 13.6. The molecule has 0 spiro atoms. The number of ether oxygens (including phenoxy) is 2. The zero-order valence-electron chi connectivity index (χ0n) is 20.7. The second kappa shape index (κ2) is 11.5. The summed E-state index contributed by atoms with van der Waals surface area (Å²) >= 11 is 0. The van der Waals surface area contributed by atoms with Crippen LogP contribution in [0.3, 0.4) is 0 Å². The SMILES string of the molecule is C=C(/N=C\CNC(=O)c1ccc(Oc2cc3c(cc2C)CCC3(C)C)o1)OC.C=C(C)CC. The smallest absolute Gasteiger partial charge is 0.290 e. The fourth-order valence-electron chi connectivity index (χ4n) is 3.31. The molecule has 6 heteroatoms. The molecule has 0 bridgehead atoms. The van der Waals surface area contributed by atoms with E-state index >= 15 is 0 Å². The van der Waals surface area contributed by atoms with Gasteiger partial charge in [-0.15, -0.1) is 6.58 Å². The Hall–Kier alpha value is -3.28. The number of rotatable bonds is 8. The van der Waals surface area contributed by atoms with Crippen LogP contribution < -0.4 is 10.1 Å². The van der Waals surface area contributed by atoms with Crippen molar-refractivity contribution < 1.29 is 18.7 Å². The molecule has 0 fully saturated rings. The third-order valence-electron chi connectivity index (χ3n) is 5.59. The topological polar surface area (TPSA) is 73.1 Å². The standard InChI is InChI=1S/C22H26N2O4.C5H10/c1-14-12-16-8-9-22(3,4)17(16)13-19(14)28-20-7-6-18(27-20)21(25)24-11-10-23-15(2)26-5;1-4-5(2)3/h6-7,10,12-13H,2,8-9,11H2,1,3-5H3,(H,24,25);2,4H2,1,3H3/b23-10-;. The Balaban J connectivity index is 0.000000696. The Bertz CT molecular complexity index is 1030. The minimum absolute atomic E-state index is 0.144. The lowest BCUT2D eigenvalue weighted by atomic mass is 9.86. The molecule has 1 aliphatic carbocycles.